The second-order valence-electron chi connectivity index (χ2n) is 8.01. The van der Waals surface area contributed by atoms with Crippen LogP contribution >= 0.6 is 0 Å². The molecule has 8 heteroatoms. The highest BCUT2D eigenvalue weighted by Gasteiger charge is 2.31. The number of hydrogen-bond donors (Lipinski definition) is 2. The zero-order chi connectivity index (χ0) is 22.2. The van der Waals surface area contributed by atoms with Crippen LogP contribution in [-0.4, -0.2) is 53.8 Å². The number of carbonyl (C=O) groups is 2. The monoisotopic (exact) mass is 420 g/mol. The summed E-state index contributed by atoms with van der Waals surface area (Å²) in [5.74, 6) is 0.0142. The van der Waals surface area contributed by atoms with Crippen molar-refractivity contribution in [2.75, 3.05) is 31.5 Å². The van der Waals surface area contributed by atoms with Gasteiger partial charge in [-0.1, -0.05) is 12.1 Å². The Balaban J connectivity index is 1.76. The number of benzene rings is 1. The van der Waals surface area contributed by atoms with Crippen LogP contribution in [0.25, 0.3) is 0 Å². The van der Waals surface area contributed by atoms with E-state index >= 15 is 0 Å². The summed E-state index contributed by atoms with van der Waals surface area (Å²) in [5.41, 5.74) is 1.61. The van der Waals surface area contributed by atoms with Crippen LogP contribution in [0.1, 0.15) is 37.7 Å². The van der Waals surface area contributed by atoms with E-state index in [0.29, 0.717) is 18.7 Å². The number of amides is 2. The van der Waals surface area contributed by atoms with Crippen molar-refractivity contribution in [2.24, 2.45) is 0 Å². The van der Waals surface area contributed by atoms with Crippen LogP contribution in [0.3, 0.4) is 0 Å². The molecule has 0 bridgehead atoms. The molecule has 0 radical (unpaired) electrons. The number of nitrogens with one attached hydrogen (secondary N) is 2. The topological polar surface area (TPSA) is 112 Å². The van der Waals surface area contributed by atoms with E-state index in [1.54, 1.807) is 4.90 Å². The first-order valence-electron chi connectivity index (χ1n) is 10.7. The highest BCUT2D eigenvalue weighted by molar-refractivity contribution is 5.88. The number of rotatable bonds is 6. The number of nitriles is 2. The zero-order valence-corrected chi connectivity index (χ0v) is 17.9. The highest BCUT2D eigenvalue weighted by atomic mass is 16.2. The molecule has 31 heavy (non-hydrogen) atoms. The van der Waals surface area contributed by atoms with Crippen molar-refractivity contribution in [2.45, 2.75) is 45.1 Å². The first kappa shape index (κ1) is 22.2. The van der Waals surface area contributed by atoms with Gasteiger partial charge in [0.2, 0.25) is 11.8 Å². The highest BCUT2D eigenvalue weighted by Crippen LogP contribution is 2.18. The average Bonchev–Trinajstić information content (AvgIpc) is 3.24. The smallest absolute Gasteiger partial charge is 0.245 e. The van der Waals surface area contributed by atoms with E-state index < -0.39 is 6.04 Å². The van der Waals surface area contributed by atoms with Gasteiger partial charge in [0.1, 0.15) is 24.0 Å². The molecular formula is C23H28N6O2. The van der Waals surface area contributed by atoms with Gasteiger partial charge in [-0.3, -0.25) is 9.59 Å². The van der Waals surface area contributed by atoms with Crippen molar-refractivity contribution in [1.82, 2.24) is 15.1 Å². The summed E-state index contributed by atoms with van der Waals surface area (Å²) in [5, 5.41) is 25.0. The zero-order valence-electron chi connectivity index (χ0n) is 17.9. The lowest BCUT2D eigenvalue weighted by molar-refractivity contribution is -0.140. The second-order valence-corrected chi connectivity index (χ2v) is 8.01. The third-order valence-electron chi connectivity index (χ3n) is 5.65. The van der Waals surface area contributed by atoms with Crippen molar-refractivity contribution < 1.29 is 9.59 Å². The molecule has 2 N–H and O–H groups in total. The van der Waals surface area contributed by atoms with Gasteiger partial charge in [0, 0.05) is 25.3 Å². The third kappa shape index (κ3) is 5.76. The third-order valence-corrected chi connectivity index (χ3v) is 5.65. The second kappa shape index (κ2) is 10.5. The van der Waals surface area contributed by atoms with E-state index in [-0.39, 0.29) is 29.8 Å². The maximum absolute atomic E-state index is 13.2. The summed E-state index contributed by atoms with van der Waals surface area (Å²) in [6.07, 6.45) is 4.20. The Labute approximate surface area is 183 Å². The van der Waals surface area contributed by atoms with Crippen LogP contribution in [-0.2, 0) is 9.59 Å². The van der Waals surface area contributed by atoms with Gasteiger partial charge in [-0.25, -0.2) is 0 Å². The molecule has 1 aromatic carbocycles. The van der Waals surface area contributed by atoms with Gasteiger partial charge in [0.05, 0.1) is 6.54 Å². The molecule has 3 rings (SSSR count). The molecule has 2 aliphatic heterocycles. The van der Waals surface area contributed by atoms with E-state index in [1.165, 1.54) is 0 Å². The summed E-state index contributed by atoms with van der Waals surface area (Å²) >= 11 is 0. The predicted octanol–water partition coefficient (Wildman–Crippen LogP) is 2.26. The SMILES string of the molecule is Cc1cccc(NC(NC2CCCCN(CC(=O)N3CCCC3)C2=O)=C(C#N)C#N)c1. The summed E-state index contributed by atoms with van der Waals surface area (Å²) in [6.45, 7) is 4.06. The Morgan fingerprint density at radius 3 is 2.52 bits per heavy atom. The summed E-state index contributed by atoms with van der Waals surface area (Å²) < 4.78 is 0. The molecule has 8 nitrogen and oxygen atoms in total. The van der Waals surface area contributed by atoms with Crippen molar-refractivity contribution in [3.05, 3.63) is 41.2 Å². The van der Waals surface area contributed by atoms with Gasteiger partial charge in [-0.05, 0) is 56.7 Å². The van der Waals surface area contributed by atoms with Gasteiger partial charge in [-0.15, -0.1) is 0 Å². The fourth-order valence-electron chi connectivity index (χ4n) is 3.97. The lowest BCUT2D eigenvalue weighted by Crippen LogP contribution is -2.49. The van der Waals surface area contributed by atoms with Crippen LogP contribution in [0.4, 0.5) is 5.69 Å². The largest absolute Gasteiger partial charge is 0.358 e. The molecule has 1 aromatic rings. The van der Waals surface area contributed by atoms with Crippen molar-refractivity contribution in [3.63, 3.8) is 0 Å². The van der Waals surface area contributed by atoms with Gasteiger partial charge in [-0.2, -0.15) is 10.5 Å². The minimum Gasteiger partial charge on any atom is -0.358 e. The van der Waals surface area contributed by atoms with Crippen LogP contribution in [0.15, 0.2) is 35.7 Å². The summed E-state index contributed by atoms with van der Waals surface area (Å²) in [7, 11) is 0. The summed E-state index contributed by atoms with van der Waals surface area (Å²) in [6, 6.07) is 10.7. The van der Waals surface area contributed by atoms with E-state index in [9.17, 15) is 20.1 Å². The number of nitrogens with zero attached hydrogens (tertiary/aromatic N) is 4. The van der Waals surface area contributed by atoms with Crippen LogP contribution < -0.4 is 10.6 Å². The Hall–Kier alpha value is -3.52. The van der Waals surface area contributed by atoms with Gasteiger partial charge < -0.3 is 20.4 Å². The van der Waals surface area contributed by atoms with Gasteiger partial charge >= 0.3 is 0 Å². The first-order valence-corrected chi connectivity index (χ1v) is 10.7. The molecule has 2 heterocycles. The Morgan fingerprint density at radius 1 is 1.13 bits per heavy atom. The Bertz CT molecular complexity index is 920. The minimum atomic E-state index is -0.613. The number of allylic oxidation sites excluding steroid dienone is 1. The number of carbonyl (C=O) groups excluding carboxylic acids is 2. The first-order chi connectivity index (χ1) is 15.0. The maximum Gasteiger partial charge on any atom is 0.245 e. The van der Waals surface area contributed by atoms with Crippen molar-refractivity contribution in [1.29, 1.82) is 10.5 Å². The van der Waals surface area contributed by atoms with Crippen molar-refractivity contribution >= 4 is 17.5 Å². The molecule has 0 aliphatic carbocycles. The molecule has 2 saturated heterocycles. The lowest BCUT2D eigenvalue weighted by Gasteiger charge is -2.27. The Morgan fingerprint density at radius 2 is 1.84 bits per heavy atom. The molecule has 0 spiro atoms. The summed E-state index contributed by atoms with van der Waals surface area (Å²) in [4.78, 5) is 29.2. The number of likely N-dealkylation sites (tertiary alicyclic amines) is 2. The van der Waals surface area contributed by atoms with E-state index in [4.69, 9.17) is 0 Å². The number of aryl methyl sites for hydroxylation is 1. The molecule has 162 valence electrons. The molecule has 2 aliphatic rings. The Kier molecular flexibility index (Phi) is 7.50. The normalized spacial score (nSPS) is 18.5. The lowest BCUT2D eigenvalue weighted by atomic mass is 10.1. The maximum atomic E-state index is 13.2. The van der Waals surface area contributed by atoms with Crippen LogP contribution in [0.2, 0.25) is 0 Å². The van der Waals surface area contributed by atoms with Crippen LogP contribution in [0, 0.1) is 29.6 Å². The molecule has 2 amide bonds. The molecule has 0 aromatic heterocycles. The molecule has 1 atom stereocenters. The fraction of sp³-hybridized carbons (Fsp3) is 0.478. The molecule has 2 fully saturated rings. The average molecular weight is 421 g/mol. The quantitative estimate of drug-likeness (QED) is 0.683. The van der Waals surface area contributed by atoms with E-state index in [1.807, 2.05) is 48.2 Å². The van der Waals surface area contributed by atoms with Gasteiger partial charge in [0.15, 0.2) is 5.57 Å². The number of anilines is 1. The standard InChI is InChI=1S/C23H28N6O2/c1-17-7-6-8-19(13-17)26-22(18(14-24)15-25)27-20-9-2-3-12-29(23(20)31)16-21(30)28-10-4-5-11-28/h6-8,13,20,26-27H,2-5,9-12,16H2,1H3. The minimum absolute atomic E-state index is 0.0186. The van der Waals surface area contributed by atoms with Gasteiger partial charge in [0.25, 0.3) is 0 Å². The van der Waals surface area contributed by atoms with E-state index in [2.05, 4.69) is 10.6 Å². The van der Waals surface area contributed by atoms with Crippen LogP contribution in [0.5, 0.6) is 0 Å². The number of hydrogen-bond acceptors (Lipinski definition) is 6. The van der Waals surface area contributed by atoms with E-state index in [0.717, 1.165) is 44.3 Å². The predicted molar refractivity (Wildman–Crippen MR) is 116 cm³/mol. The molecule has 0 saturated carbocycles. The molecule has 1 unspecified atom stereocenters. The van der Waals surface area contributed by atoms with Crippen molar-refractivity contribution in [3.8, 4) is 12.1 Å². The fourth-order valence-corrected chi connectivity index (χ4v) is 3.97. The molecular weight excluding hydrogens is 392 g/mol.